The molecule has 5 nitrogen and oxygen atoms in total. The molecule has 2 amide bonds. The van der Waals surface area contributed by atoms with Crippen molar-refractivity contribution in [3.05, 3.63) is 99.0 Å². The van der Waals surface area contributed by atoms with Gasteiger partial charge in [0, 0.05) is 29.6 Å². The summed E-state index contributed by atoms with van der Waals surface area (Å²) in [6.45, 7) is 4.33. The van der Waals surface area contributed by atoms with Crippen LogP contribution >= 0.6 is 34.8 Å². The van der Waals surface area contributed by atoms with E-state index in [9.17, 15) is 9.59 Å². The normalized spacial score (nSPS) is 11.7. The Balaban J connectivity index is 1.94. The van der Waals surface area contributed by atoms with Gasteiger partial charge in [-0.05, 0) is 41.3 Å². The van der Waals surface area contributed by atoms with E-state index in [1.807, 2.05) is 44.2 Å². The lowest BCUT2D eigenvalue weighted by Gasteiger charge is -2.32. The average Bonchev–Trinajstić information content (AvgIpc) is 2.85. The highest BCUT2D eigenvalue weighted by Crippen LogP contribution is 2.26. The lowest BCUT2D eigenvalue weighted by atomic mass is 10.0. The summed E-state index contributed by atoms with van der Waals surface area (Å²) in [5, 5.41) is 4.27. The van der Waals surface area contributed by atoms with E-state index in [1.54, 1.807) is 42.5 Å². The van der Waals surface area contributed by atoms with E-state index < -0.39 is 6.04 Å². The molecule has 0 saturated heterocycles. The number of halogens is 3. The maximum Gasteiger partial charge on any atom is 0.261 e. The second-order valence-corrected chi connectivity index (χ2v) is 10.1. The van der Waals surface area contributed by atoms with Crippen molar-refractivity contribution >= 4 is 46.6 Å². The molecule has 0 aliphatic rings. The second kappa shape index (κ2) is 13.5. The molecule has 0 spiro atoms. The Morgan fingerprint density at radius 2 is 1.61 bits per heavy atom. The molecule has 0 radical (unpaired) electrons. The van der Waals surface area contributed by atoms with Crippen LogP contribution in [0.2, 0.25) is 15.1 Å². The third kappa shape index (κ3) is 8.16. The van der Waals surface area contributed by atoms with Crippen LogP contribution in [-0.4, -0.2) is 35.9 Å². The zero-order valence-corrected chi connectivity index (χ0v) is 22.5. The van der Waals surface area contributed by atoms with Crippen molar-refractivity contribution < 1.29 is 14.3 Å². The minimum Gasteiger partial charge on any atom is -0.482 e. The van der Waals surface area contributed by atoms with Crippen molar-refractivity contribution in [1.82, 2.24) is 10.2 Å². The molecule has 0 heterocycles. The van der Waals surface area contributed by atoms with Crippen LogP contribution < -0.4 is 10.1 Å². The summed E-state index contributed by atoms with van der Waals surface area (Å²) in [5.74, 6) is 0.0240. The predicted octanol–water partition coefficient (Wildman–Crippen LogP) is 6.44. The summed E-state index contributed by atoms with van der Waals surface area (Å²) in [5.41, 5.74) is 1.59. The molecule has 1 N–H and O–H groups in total. The summed E-state index contributed by atoms with van der Waals surface area (Å²) in [6.07, 6.45) is 0.327. The van der Waals surface area contributed by atoms with Gasteiger partial charge >= 0.3 is 0 Å². The van der Waals surface area contributed by atoms with E-state index >= 15 is 0 Å². The molecule has 0 aliphatic carbocycles. The zero-order valence-electron chi connectivity index (χ0n) is 20.2. The fourth-order valence-electron chi connectivity index (χ4n) is 3.59. The molecule has 190 valence electrons. The van der Waals surface area contributed by atoms with Gasteiger partial charge < -0.3 is 15.0 Å². The van der Waals surface area contributed by atoms with Crippen molar-refractivity contribution in [3.8, 4) is 5.75 Å². The van der Waals surface area contributed by atoms with Gasteiger partial charge in [-0.25, -0.2) is 0 Å². The number of rotatable bonds is 11. The third-order valence-electron chi connectivity index (χ3n) is 5.50. The maximum absolute atomic E-state index is 13.6. The van der Waals surface area contributed by atoms with E-state index in [4.69, 9.17) is 39.5 Å². The molecule has 0 saturated carbocycles. The maximum atomic E-state index is 13.6. The molecule has 1 unspecified atom stereocenters. The van der Waals surface area contributed by atoms with Gasteiger partial charge in [0.1, 0.15) is 11.8 Å². The molecule has 0 bridgehead atoms. The third-order valence-corrected chi connectivity index (χ3v) is 6.40. The molecule has 1 atom stereocenters. The van der Waals surface area contributed by atoms with Crippen molar-refractivity contribution in [2.75, 3.05) is 13.2 Å². The predicted molar refractivity (Wildman–Crippen MR) is 146 cm³/mol. The van der Waals surface area contributed by atoms with Gasteiger partial charge in [0.15, 0.2) is 6.61 Å². The quantitative estimate of drug-likeness (QED) is 0.301. The van der Waals surface area contributed by atoms with Crippen molar-refractivity contribution in [2.45, 2.75) is 32.9 Å². The number of amides is 2. The molecule has 0 aliphatic heterocycles. The number of carbonyl (C=O) groups excluding carboxylic acids is 2. The Morgan fingerprint density at radius 3 is 2.28 bits per heavy atom. The van der Waals surface area contributed by atoms with Gasteiger partial charge in [-0.1, -0.05) is 97.2 Å². The first kappa shape index (κ1) is 27.9. The summed E-state index contributed by atoms with van der Waals surface area (Å²) >= 11 is 18.7. The van der Waals surface area contributed by atoms with Crippen LogP contribution in [0.3, 0.4) is 0 Å². The standard InChI is InChI=1S/C28H29Cl3N2O3/c1-19(2)16-32-28(35)25(14-20-8-4-3-5-9-20)33(17-21-12-13-22(29)15-24(21)31)27(34)18-36-26-11-7-6-10-23(26)30/h3-13,15,19,25H,14,16-18H2,1-2H3,(H,32,35). The molecule has 8 heteroatoms. The number of nitrogens with zero attached hydrogens (tertiary/aromatic N) is 1. The Kier molecular flexibility index (Phi) is 10.5. The number of ether oxygens (including phenoxy) is 1. The molecule has 0 fully saturated rings. The highest BCUT2D eigenvalue weighted by atomic mass is 35.5. The van der Waals surface area contributed by atoms with Gasteiger partial charge in [0.05, 0.1) is 5.02 Å². The van der Waals surface area contributed by atoms with E-state index in [0.717, 1.165) is 5.56 Å². The van der Waals surface area contributed by atoms with Gasteiger partial charge in [0.25, 0.3) is 5.91 Å². The molecule has 3 aromatic carbocycles. The Bertz CT molecular complexity index is 1170. The summed E-state index contributed by atoms with van der Waals surface area (Å²) < 4.78 is 5.74. The fraction of sp³-hybridized carbons (Fsp3) is 0.286. The first-order chi connectivity index (χ1) is 17.2. The molecule has 3 rings (SSSR count). The summed E-state index contributed by atoms with van der Waals surface area (Å²) in [4.78, 5) is 28.5. The lowest BCUT2D eigenvalue weighted by molar-refractivity contribution is -0.142. The average molecular weight is 548 g/mol. The molecule has 36 heavy (non-hydrogen) atoms. The van der Waals surface area contributed by atoms with Crippen LogP contribution in [0, 0.1) is 5.92 Å². The molecule has 0 aromatic heterocycles. The number of carbonyl (C=O) groups is 2. The van der Waals surface area contributed by atoms with Crippen molar-refractivity contribution in [2.24, 2.45) is 5.92 Å². The Hall–Kier alpha value is -2.73. The minimum absolute atomic E-state index is 0.104. The number of benzene rings is 3. The van der Waals surface area contributed by atoms with Gasteiger partial charge in [-0.15, -0.1) is 0 Å². The largest absolute Gasteiger partial charge is 0.482 e. The van der Waals surface area contributed by atoms with Crippen LogP contribution in [-0.2, 0) is 22.6 Å². The van der Waals surface area contributed by atoms with E-state index in [2.05, 4.69) is 5.32 Å². The summed E-state index contributed by atoms with van der Waals surface area (Å²) in [6, 6.07) is 20.8. The lowest BCUT2D eigenvalue weighted by Crippen LogP contribution is -2.52. The zero-order chi connectivity index (χ0) is 26.1. The molecule has 3 aromatic rings. The van der Waals surface area contributed by atoms with Crippen molar-refractivity contribution in [3.63, 3.8) is 0 Å². The highest BCUT2D eigenvalue weighted by molar-refractivity contribution is 6.35. The van der Waals surface area contributed by atoms with Gasteiger partial charge in [-0.3, -0.25) is 9.59 Å². The number of para-hydroxylation sites is 1. The Labute approximate surface area is 227 Å². The topological polar surface area (TPSA) is 58.6 Å². The van der Waals surface area contributed by atoms with E-state index in [-0.39, 0.29) is 30.9 Å². The van der Waals surface area contributed by atoms with Gasteiger partial charge in [-0.2, -0.15) is 0 Å². The second-order valence-electron chi connectivity index (χ2n) is 8.82. The highest BCUT2D eigenvalue weighted by Gasteiger charge is 2.31. The van der Waals surface area contributed by atoms with Crippen molar-refractivity contribution in [1.29, 1.82) is 0 Å². The number of nitrogens with one attached hydrogen (secondary N) is 1. The van der Waals surface area contributed by atoms with Crippen LogP contribution in [0.5, 0.6) is 5.75 Å². The molecular weight excluding hydrogens is 519 g/mol. The van der Waals surface area contributed by atoms with Crippen LogP contribution in [0.1, 0.15) is 25.0 Å². The van der Waals surface area contributed by atoms with Crippen LogP contribution in [0.15, 0.2) is 72.8 Å². The van der Waals surface area contributed by atoms with E-state index in [1.165, 1.54) is 4.90 Å². The monoisotopic (exact) mass is 546 g/mol. The molecular formula is C28H29Cl3N2O3. The first-order valence-electron chi connectivity index (χ1n) is 11.7. The number of hydrogen-bond donors (Lipinski definition) is 1. The van der Waals surface area contributed by atoms with Gasteiger partial charge in [0.2, 0.25) is 5.91 Å². The fourth-order valence-corrected chi connectivity index (χ4v) is 4.25. The summed E-state index contributed by atoms with van der Waals surface area (Å²) in [7, 11) is 0. The first-order valence-corrected chi connectivity index (χ1v) is 12.8. The Morgan fingerprint density at radius 1 is 0.917 bits per heavy atom. The van der Waals surface area contributed by atoms with Crippen LogP contribution in [0.4, 0.5) is 0 Å². The number of hydrogen-bond acceptors (Lipinski definition) is 3. The minimum atomic E-state index is -0.791. The van der Waals surface area contributed by atoms with Crippen LogP contribution in [0.25, 0.3) is 0 Å². The SMILES string of the molecule is CC(C)CNC(=O)C(Cc1ccccc1)N(Cc1ccc(Cl)cc1Cl)C(=O)COc1ccccc1Cl. The van der Waals surface area contributed by atoms with E-state index in [0.29, 0.717) is 39.3 Å². The smallest absolute Gasteiger partial charge is 0.261 e.